The van der Waals surface area contributed by atoms with Crippen molar-refractivity contribution in [2.45, 2.75) is 25.8 Å². The number of aromatic nitrogens is 1. The molecule has 17 heavy (non-hydrogen) atoms. The summed E-state index contributed by atoms with van der Waals surface area (Å²) in [6, 6.07) is 2.94. The quantitative estimate of drug-likeness (QED) is 0.787. The molecule has 3 N–H and O–H groups in total. The zero-order valence-corrected chi connectivity index (χ0v) is 10.5. The number of amides is 1. The first-order chi connectivity index (χ1) is 7.91. The van der Waals surface area contributed by atoms with Crippen LogP contribution in [0.5, 0.6) is 0 Å². The highest BCUT2D eigenvalue weighted by Crippen LogP contribution is 2.08. The Hall–Kier alpha value is -1.62. The Morgan fingerprint density at radius 2 is 2.24 bits per heavy atom. The van der Waals surface area contributed by atoms with Crippen molar-refractivity contribution in [3.63, 3.8) is 0 Å². The van der Waals surface area contributed by atoms with Crippen molar-refractivity contribution < 1.29 is 4.79 Å². The Bertz CT molecular complexity index is 461. The number of pyridine rings is 1. The molecule has 0 saturated carbocycles. The van der Waals surface area contributed by atoms with Crippen LogP contribution in [0.3, 0.4) is 0 Å². The predicted molar refractivity (Wildman–Crippen MR) is 66.9 cm³/mol. The van der Waals surface area contributed by atoms with Gasteiger partial charge in [0, 0.05) is 37.0 Å². The van der Waals surface area contributed by atoms with E-state index >= 15 is 0 Å². The van der Waals surface area contributed by atoms with Gasteiger partial charge >= 0.3 is 0 Å². The minimum atomic E-state index is -0.432. The highest BCUT2D eigenvalue weighted by Gasteiger charge is 2.23. The molecule has 1 rings (SSSR count). The Morgan fingerprint density at radius 1 is 1.59 bits per heavy atom. The third kappa shape index (κ3) is 3.17. The topological polar surface area (TPSA) is 77.1 Å². The zero-order chi connectivity index (χ0) is 13.1. The predicted octanol–water partition coefficient (Wildman–Crippen LogP) is 0.243. The van der Waals surface area contributed by atoms with Gasteiger partial charge in [-0.1, -0.05) is 6.92 Å². The normalized spacial score (nSPS) is 14.1. The minimum absolute atomic E-state index is 0.205. The summed E-state index contributed by atoms with van der Waals surface area (Å²) in [5.74, 6) is -0.266. The van der Waals surface area contributed by atoms with E-state index in [1.54, 1.807) is 19.3 Å². The molecule has 1 unspecified atom stereocenters. The second-order valence-electron chi connectivity index (χ2n) is 4.44. The van der Waals surface area contributed by atoms with Crippen molar-refractivity contribution in [1.29, 1.82) is 0 Å². The number of hydrogen-bond acceptors (Lipinski definition) is 3. The molecule has 0 aliphatic heterocycles. The van der Waals surface area contributed by atoms with Crippen molar-refractivity contribution in [3.8, 4) is 0 Å². The molecule has 0 saturated heterocycles. The average molecular weight is 237 g/mol. The fraction of sp³-hybridized carbons (Fsp3) is 0.500. The molecule has 94 valence electrons. The van der Waals surface area contributed by atoms with Crippen molar-refractivity contribution in [2.24, 2.45) is 12.8 Å². The van der Waals surface area contributed by atoms with Gasteiger partial charge in [0.15, 0.2) is 0 Å². The molecule has 1 aromatic heterocycles. The molecule has 0 aliphatic rings. The molecule has 0 radical (unpaired) electrons. The third-order valence-corrected chi connectivity index (χ3v) is 3.01. The fourth-order valence-electron chi connectivity index (χ4n) is 1.32. The van der Waals surface area contributed by atoms with Crippen molar-refractivity contribution in [1.82, 2.24) is 9.88 Å². The molecule has 0 spiro atoms. The van der Waals surface area contributed by atoms with Crippen LogP contribution in [0.15, 0.2) is 23.1 Å². The third-order valence-electron chi connectivity index (χ3n) is 3.01. The van der Waals surface area contributed by atoms with Crippen LogP contribution in [0, 0.1) is 0 Å². The first kappa shape index (κ1) is 13.4. The maximum atomic E-state index is 11.9. The summed E-state index contributed by atoms with van der Waals surface area (Å²) in [6.07, 6.45) is 2.31. The van der Waals surface area contributed by atoms with Crippen molar-refractivity contribution in [3.05, 3.63) is 34.2 Å². The first-order valence-corrected chi connectivity index (χ1v) is 5.61. The molecule has 0 fully saturated rings. The molecule has 0 aliphatic carbocycles. The van der Waals surface area contributed by atoms with Crippen LogP contribution in [0.25, 0.3) is 0 Å². The van der Waals surface area contributed by atoms with Gasteiger partial charge in [0.1, 0.15) is 0 Å². The second kappa shape index (κ2) is 5.14. The number of rotatable bonds is 4. The molecule has 1 atom stereocenters. The maximum Gasteiger partial charge on any atom is 0.251 e. The lowest BCUT2D eigenvalue weighted by molar-refractivity contribution is 0.0906. The van der Waals surface area contributed by atoms with E-state index in [1.807, 2.05) is 13.8 Å². The van der Waals surface area contributed by atoms with Crippen LogP contribution in [0.2, 0.25) is 0 Å². The monoisotopic (exact) mass is 237 g/mol. The van der Waals surface area contributed by atoms with Gasteiger partial charge in [0.25, 0.3) is 11.5 Å². The van der Waals surface area contributed by atoms with E-state index in [0.717, 1.165) is 6.42 Å². The largest absolute Gasteiger partial charge is 0.346 e. The summed E-state index contributed by atoms with van der Waals surface area (Å²) in [4.78, 5) is 23.3. The molecule has 5 nitrogen and oxygen atoms in total. The Kier molecular flexibility index (Phi) is 4.07. The molecule has 1 heterocycles. The van der Waals surface area contributed by atoms with E-state index in [0.29, 0.717) is 12.1 Å². The molecule has 1 amide bonds. The van der Waals surface area contributed by atoms with Crippen molar-refractivity contribution in [2.75, 3.05) is 6.54 Å². The number of carbonyl (C=O) groups is 1. The molecular weight excluding hydrogens is 218 g/mol. The number of nitrogens with two attached hydrogens (primary N) is 1. The number of hydrogen-bond donors (Lipinski definition) is 2. The highest BCUT2D eigenvalue weighted by atomic mass is 16.2. The summed E-state index contributed by atoms with van der Waals surface area (Å²) in [7, 11) is 1.64. The van der Waals surface area contributed by atoms with Crippen LogP contribution in [0.1, 0.15) is 30.6 Å². The van der Waals surface area contributed by atoms with Gasteiger partial charge in [-0.15, -0.1) is 0 Å². The Balaban J connectivity index is 2.90. The zero-order valence-electron chi connectivity index (χ0n) is 10.5. The van der Waals surface area contributed by atoms with Gasteiger partial charge in [0.2, 0.25) is 0 Å². The van der Waals surface area contributed by atoms with Gasteiger partial charge in [0.05, 0.1) is 0 Å². The molecule has 5 heteroatoms. The van der Waals surface area contributed by atoms with E-state index in [-0.39, 0.29) is 11.5 Å². The average Bonchev–Trinajstić information content (AvgIpc) is 2.32. The van der Waals surface area contributed by atoms with E-state index in [2.05, 4.69) is 5.32 Å². The van der Waals surface area contributed by atoms with Crippen LogP contribution in [0.4, 0.5) is 0 Å². The van der Waals surface area contributed by atoms with E-state index in [9.17, 15) is 9.59 Å². The van der Waals surface area contributed by atoms with Gasteiger partial charge in [-0.2, -0.15) is 0 Å². The Labute approximate surface area is 101 Å². The number of aryl methyl sites for hydroxylation is 1. The summed E-state index contributed by atoms with van der Waals surface area (Å²) < 4.78 is 1.42. The number of nitrogens with zero attached hydrogens (tertiary/aromatic N) is 1. The van der Waals surface area contributed by atoms with E-state index < -0.39 is 5.54 Å². The standard InChI is InChI=1S/C12H19N3O2/c1-4-12(2,8-13)14-11(17)9-5-6-15(3)10(16)7-9/h5-7H,4,8,13H2,1-3H3,(H,14,17). The van der Waals surface area contributed by atoms with E-state index in [4.69, 9.17) is 5.73 Å². The SMILES string of the molecule is CCC(C)(CN)NC(=O)c1ccn(C)c(=O)c1. The molecule has 1 aromatic rings. The van der Waals surface area contributed by atoms with Gasteiger partial charge in [-0.3, -0.25) is 9.59 Å². The highest BCUT2D eigenvalue weighted by molar-refractivity contribution is 5.94. The van der Waals surface area contributed by atoms with Crippen LogP contribution in [-0.4, -0.2) is 22.6 Å². The Morgan fingerprint density at radius 3 is 2.71 bits per heavy atom. The van der Waals surface area contributed by atoms with Crippen molar-refractivity contribution >= 4 is 5.91 Å². The van der Waals surface area contributed by atoms with Crippen LogP contribution >= 0.6 is 0 Å². The smallest absolute Gasteiger partial charge is 0.251 e. The van der Waals surface area contributed by atoms with Gasteiger partial charge in [-0.05, 0) is 19.4 Å². The molecule has 0 bridgehead atoms. The van der Waals surface area contributed by atoms with Gasteiger partial charge in [-0.25, -0.2) is 0 Å². The minimum Gasteiger partial charge on any atom is -0.346 e. The van der Waals surface area contributed by atoms with Crippen LogP contribution in [-0.2, 0) is 7.05 Å². The van der Waals surface area contributed by atoms with Crippen LogP contribution < -0.4 is 16.6 Å². The number of nitrogens with one attached hydrogen (secondary N) is 1. The number of carbonyl (C=O) groups excluding carboxylic acids is 1. The van der Waals surface area contributed by atoms with E-state index in [1.165, 1.54) is 10.6 Å². The summed E-state index contributed by atoms with van der Waals surface area (Å²) in [6.45, 7) is 4.20. The first-order valence-electron chi connectivity index (χ1n) is 5.61. The maximum absolute atomic E-state index is 11.9. The molecule has 0 aromatic carbocycles. The second-order valence-corrected chi connectivity index (χ2v) is 4.44. The lowest BCUT2D eigenvalue weighted by Crippen LogP contribution is -2.51. The lowest BCUT2D eigenvalue weighted by Gasteiger charge is -2.27. The lowest BCUT2D eigenvalue weighted by atomic mass is 9.98. The molecular formula is C12H19N3O2. The summed E-state index contributed by atoms with van der Waals surface area (Å²) in [5.41, 5.74) is 5.34. The van der Waals surface area contributed by atoms with Gasteiger partial charge < -0.3 is 15.6 Å². The fourth-order valence-corrected chi connectivity index (χ4v) is 1.32. The summed E-state index contributed by atoms with van der Waals surface area (Å²) >= 11 is 0. The summed E-state index contributed by atoms with van der Waals surface area (Å²) in [5, 5.41) is 2.84.